The van der Waals surface area contributed by atoms with Crippen LogP contribution in [0.4, 0.5) is 5.69 Å². The molecule has 0 amide bonds. The summed E-state index contributed by atoms with van der Waals surface area (Å²) in [5.74, 6) is 0.446. The minimum atomic E-state index is -0.535. The molecule has 2 aromatic rings. The van der Waals surface area contributed by atoms with Crippen molar-refractivity contribution < 1.29 is 9.53 Å². The third-order valence-electron chi connectivity index (χ3n) is 2.35. The lowest BCUT2D eigenvalue weighted by molar-refractivity contribution is 0.0520. The number of rotatable bonds is 4. The molecule has 0 aliphatic rings. The van der Waals surface area contributed by atoms with Crippen LogP contribution >= 0.6 is 11.5 Å². The highest BCUT2D eigenvalue weighted by atomic mass is 32.1. The molecule has 0 spiro atoms. The normalized spacial score (nSPS) is 10.9. The Morgan fingerprint density at radius 3 is 2.89 bits per heavy atom. The molecular weight excluding hydrogens is 266 g/mol. The van der Waals surface area contributed by atoms with E-state index in [1.165, 1.54) is 22.4 Å². The molecule has 0 bridgehead atoms. The Balaban J connectivity index is 2.30. The number of anilines is 1. The van der Waals surface area contributed by atoms with Crippen LogP contribution in [0.5, 0.6) is 0 Å². The fourth-order valence-electron chi connectivity index (χ4n) is 1.40. The van der Waals surface area contributed by atoms with Crippen LogP contribution < -0.4 is 5.73 Å². The predicted molar refractivity (Wildman–Crippen MR) is 71.5 cm³/mol. The molecule has 0 saturated carbocycles. The SMILES string of the molecule is CCOC(=O)c1nn(-c2nc(C(C)C)ns2)cc1N. The fourth-order valence-corrected chi connectivity index (χ4v) is 2.14. The molecule has 7 nitrogen and oxygen atoms in total. The van der Waals surface area contributed by atoms with Gasteiger partial charge >= 0.3 is 5.97 Å². The lowest BCUT2D eigenvalue weighted by atomic mass is 10.2. The Morgan fingerprint density at radius 2 is 2.32 bits per heavy atom. The summed E-state index contributed by atoms with van der Waals surface area (Å²) in [6, 6.07) is 0. The summed E-state index contributed by atoms with van der Waals surface area (Å²) < 4.78 is 10.5. The topological polar surface area (TPSA) is 95.9 Å². The highest BCUT2D eigenvalue weighted by Gasteiger charge is 2.18. The van der Waals surface area contributed by atoms with Crippen LogP contribution in [0, 0.1) is 0 Å². The molecule has 0 aromatic carbocycles. The molecule has 0 fully saturated rings. The van der Waals surface area contributed by atoms with E-state index < -0.39 is 5.97 Å². The van der Waals surface area contributed by atoms with Crippen molar-refractivity contribution in [1.82, 2.24) is 19.1 Å². The summed E-state index contributed by atoms with van der Waals surface area (Å²) in [5.41, 5.74) is 6.11. The first-order chi connectivity index (χ1) is 9.02. The van der Waals surface area contributed by atoms with Gasteiger partial charge in [0.15, 0.2) is 5.69 Å². The number of nitrogens with zero attached hydrogens (tertiary/aromatic N) is 4. The molecule has 0 saturated heterocycles. The second-order valence-corrected chi connectivity index (χ2v) is 4.92. The zero-order chi connectivity index (χ0) is 14.0. The molecule has 102 valence electrons. The number of nitrogens with two attached hydrogens (primary N) is 1. The van der Waals surface area contributed by atoms with Crippen LogP contribution in [0.15, 0.2) is 6.20 Å². The Labute approximate surface area is 114 Å². The number of carbonyl (C=O) groups is 1. The number of carbonyl (C=O) groups excluding carboxylic acids is 1. The summed E-state index contributed by atoms with van der Waals surface area (Å²) in [6.45, 7) is 6.02. The van der Waals surface area contributed by atoms with E-state index in [-0.39, 0.29) is 23.9 Å². The van der Waals surface area contributed by atoms with Gasteiger partial charge in [0.1, 0.15) is 5.82 Å². The van der Waals surface area contributed by atoms with Crippen molar-refractivity contribution in [2.75, 3.05) is 12.3 Å². The van der Waals surface area contributed by atoms with Crippen molar-refractivity contribution in [3.05, 3.63) is 17.7 Å². The zero-order valence-electron chi connectivity index (χ0n) is 11.0. The van der Waals surface area contributed by atoms with Gasteiger partial charge in [-0.3, -0.25) is 0 Å². The molecule has 2 N–H and O–H groups in total. The van der Waals surface area contributed by atoms with Crippen LogP contribution in [0.25, 0.3) is 5.13 Å². The fraction of sp³-hybridized carbons (Fsp3) is 0.455. The highest BCUT2D eigenvalue weighted by molar-refractivity contribution is 7.08. The van der Waals surface area contributed by atoms with Crippen molar-refractivity contribution in [2.45, 2.75) is 26.7 Å². The van der Waals surface area contributed by atoms with Crippen molar-refractivity contribution in [3.8, 4) is 5.13 Å². The van der Waals surface area contributed by atoms with Crippen LogP contribution in [-0.2, 0) is 4.74 Å². The van der Waals surface area contributed by atoms with Gasteiger partial charge in [0, 0.05) is 17.5 Å². The average molecular weight is 281 g/mol. The van der Waals surface area contributed by atoms with Gasteiger partial charge in [-0.25, -0.2) is 14.5 Å². The summed E-state index contributed by atoms with van der Waals surface area (Å²) >= 11 is 1.21. The second kappa shape index (κ2) is 5.35. The third kappa shape index (κ3) is 2.73. The Bertz CT molecular complexity index is 590. The van der Waals surface area contributed by atoms with E-state index in [0.717, 1.165) is 5.82 Å². The Morgan fingerprint density at radius 1 is 1.58 bits per heavy atom. The van der Waals surface area contributed by atoms with Crippen molar-refractivity contribution in [2.24, 2.45) is 0 Å². The van der Waals surface area contributed by atoms with E-state index in [0.29, 0.717) is 5.13 Å². The lowest BCUT2D eigenvalue weighted by Crippen LogP contribution is -2.08. The molecule has 0 aliphatic carbocycles. The number of esters is 1. The summed E-state index contributed by atoms with van der Waals surface area (Å²) in [6.07, 6.45) is 1.54. The Hall–Kier alpha value is -1.96. The summed E-state index contributed by atoms with van der Waals surface area (Å²) in [4.78, 5) is 16.0. The molecule has 19 heavy (non-hydrogen) atoms. The van der Waals surface area contributed by atoms with Crippen molar-refractivity contribution in [3.63, 3.8) is 0 Å². The minimum Gasteiger partial charge on any atom is -0.461 e. The number of nitrogen functional groups attached to an aromatic ring is 1. The molecule has 0 unspecified atom stereocenters. The second-order valence-electron chi connectivity index (χ2n) is 4.19. The van der Waals surface area contributed by atoms with Gasteiger partial charge in [0.05, 0.1) is 18.5 Å². The van der Waals surface area contributed by atoms with Gasteiger partial charge in [0.25, 0.3) is 0 Å². The maximum atomic E-state index is 11.6. The van der Waals surface area contributed by atoms with Crippen molar-refractivity contribution >= 4 is 23.2 Å². The number of hydrogen-bond donors (Lipinski definition) is 1. The van der Waals surface area contributed by atoms with E-state index in [1.54, 1.807) is 6.92 Å². The van der Waals surface area contributed by atoms with Crippen LogP contribution in [-0.4, -0.2) is 31.7 Å². The minimum absolute atomic E-state index is 0.100. The molecular formula is C11H15N5O2S. The van der Waals surface area contributed by atoms with E-state index in [9.17, 15) is 4.79 Å². The number of ether oxygens (including phenoxy) is 1. The third-order valence-corrected chi connectivity index (χ3v) is 3.07. The number of aromatic nitrogens is 4. The van der Waals surface area contributed by atoms with E-state index in [1.807, 2.05) is 13.8 Å². The van der Waals surface area contributed by atoms with Gasteiger partial charge < -0.3 is 10.5 Å². The first-order valence-corrected chi connectivity index (χ1v) is 6.66. The van der Waals surface area contributed by atoms with Gasteiger partial charge in [-0.15, -0.1) is 0 Å². The molecule has 2 heterocycles. The lowest BCUT2D eigenvalue weighted by Gasteiger charge is -1.97. The average Bonchev–Trinajstić information content (AvgIpc) is 2.95. The largest absolute Gasteiger partial charge is 0.461 e. The Kier molecular flexibility index (Phi) is 3.79. The highest BCUT2D eigenvalue weighted by Crippen LogP contribution is 2.19. The monoisotopic (exact) mass is 281 g/mol. The van der Waals surface area contributed by atoms with Gasteiger partial charge in [-0.05, 0) is 6.92 Å². The first kappa shape index (κ1) is 13.5. The zero-order valence-corrected chi connectivity index (χ0v) is 11.8. The van der Waals surface area contributed by atoms with E-state index in [2.05, 4.69) is 14.5 Å². The molecule has 0 aliphatic heterocycles. The molecule has 8 heteroatoms. The number of hydrogen-bond acceptors (Lipinski definition) is 7. The summed E-state index contributed by atoms with van der Waals surface area (Å²) in [7, 11) is 0. The molecule has 0 atom stereocenters. The van der Waals surface area contributed by atoms with Crippen LogP contribution in [0.2, 0.25) is 0 Å². The van der Waals surface area contributed by atoms with E-state index in [4.69, 9.17) is 10.5 Å². The van der Waals surface area contributed by atoms with Crippen molar-refractivity contribution in [1.29, 1.82) is 0 Å². The first-order valence-electron chi connectivity index (χ1n) is 5.89. The maximum absolute atomic E-state index is 11.6. The van der Waals surface area contributed by atoms with Crippen LogP contribution in [0.1, 0.15) is 43.0 Å². The smallest absolute Gasteiger partial charge is 0.361 e. The predicted octanol–water partition coefficient (Wildman–Crippen LogP) is 1.61. The standard InChI is InChI=1S/C11H15N5O2S/c1-4-18-10(17)8-7(12)5-16(14-8)11-13-9(6(2)3)15-19-11/h5-6H,4,12H2,1-3H3. The van der Waals surface area contributed by atoms with Gasteiger partial charge in [-0.1, -0.05) is 13.8 Å². The van der Waals surface area contributed by atoms with E-state index >= 15 is 0 Å². The summed E-state index contributed by atoms with van der Waals surface area (Å²) in [5, 5.41) is 4.67. The molecule has 0 radical (unpaired) electrons. The maximum Gasteiger partial charge on any atom is 0.361 e. The quantitative estimate of drug-likeness (QED) is 0.855. The van der Waals surface area contributed by atoms with Crippen LogP contribution in [0.3, 0.4) is 0 Å². The van der Waals surface area contributed by atoms with Gasteiger partial charge in [-0.2, -0.15) is 9.47 Å². The van der Waals surface area contributed by atoms with Gasteiger partial charge in [0.2, 0.25) is 5.13 Å². The molecule has 2 rings (SSSR count). The molecule has 2 aromatic heterocycles.